The average Bonchev–Trinajstić information content (AvgIpc) is 3.20. The summed E-state index contributed by atoms with van der Waals surface area (Å²) in [5.74, 6) is -5.07. The zero-order valence-corrected chi connectivity index (χ0v) is 16.1. The number of hydrogen-bond acceptors (Lipinski definition) is 2. The van der Waals surface area contributed by atoms with E-state index in [0.29, 0.717) is 12.8 Å². The minimum atomic E-state index is -3.32. The summed E-state index contributed by atoms with van der Waals surface area (Å²) in [6.45, 7) is 3.37. The molecule has 0 aliphatic heterocycles. The lowest BCUT2D eigenvalue weighted by molar-refractivity contribution is -0.154. The molecule has 150 valence electrons. The first-order chi connectivity index (χ1) is 13.3. The van der Waals surface area contributed by atoms with Gasteiger partial charge in [0.05, 0.1) is 5.52 Å². The van der Waals surface area contributed by atoms with Gasteiger partial charge in [-0.25, -0.2) is 4.39 Å². The van der Waals surface area contributed by atoms with Crippen LogP contribution in [0.5, 0.6) is 0 Å². The van der Waals surface area contributed by atoms with Crippen LogP contribution in [0.15, 0.2) is 30.5 Å². The van der Waals surface area contributed by atoms with Gasteiger partial charge in [0.1, 0.15) is 5.82 Å². The molecule has 4 atom stereocenters. The Labute approximate surface area is 162 Å². The second-order valence-corrected chi connectivity index (χ2v) is 8.67. The van der Waals surface area contributed by atoms with Crippen molar-refractivity contribution in [2.45, 2.75) is 57.4 Å². The van der Waals surface area contributed by atoms with Crippen molar-refractivity contribution >= 4 is 16.8 Å². The molecule has 2 saturated carbocycles. The van der Waals surface area contributed by atoms with Gasteiger partial charge in [-0.3, -0.25) is 9.78 Å². The molecular formula is C22H25F3N2O. The summed E-state index contributed by atoms with van der Waals surface area (Å²) in [5.41, 5.74) is 1.81. The van der Waals surface area contributed by atoms with Crippen LogP contribution in [0.4, 0.5) is 13.2 Å². The summed E-state index contributed by atoms with van der Waals surface area (Å²) >= 11 is 0. The summed E-state index contributed by atoms with van der Waals surface area (Å²) in [6.07, 6.45) is 4.09. The Kier molecular flexibility index (Phi) is 4.84. The molecule has 1 heterocycles. The van der Waals surface area contributed by atoms with Gasteiger partial charge in [0, 0.05) is 23.5 Å². The van der Waals surface area contributed by atoms with Gasteiger partial charge >= 0.3 is 5.92 Å². The summed E-state index contributed by atoms with van der Waals surface area (Å²) in [5, 5.41) is 3.17. The van der Waals surface area contributed by atoms with Gasteiger partial charge in [0.2, 0.25) is 0 Å². The molecule has 6 heteroatoms. The number of nitrogens with zero attached hydrogens (tertiary/aromatic N) is 1. The second-order valence-electron chi connectivity index (χ2n) is 8.67. The molecule has 2 aliphatic rings. The monoisotopic (exact) mass is 390 g/mol. The van der Waals surface area contributed by atoms with Crippen molar-refractivity contribution in [1.82, 2.24) is 10.3 Å². The number of rotatable bonds is 4. The Morgan fingerprint density at radius 3 is 2.46 bits per heavy atom. The topological polar surface area (TPSA) is 42.0 Å². The van der Waals surface area contributed by atoms with Crippen LogP contribution in [-0.2, 0) is 4.79 Å². The summed E-state index contributed by atoms with van der Waals surface area (Å²) < 4.78 is 42.9. The van der Waals surface area contributed by atoms with E-state index >= 15 is 0 Å². The lowest BCUT2D eigenvalue weighted by Gasteiger charge is -2.25. The molecule has 1 amide bonds. The number of halogens is 3. The van der Waals surface area contributed by atoms with E-state index in [9.17, 15) is 18.0 Å². The summed E-state index contributed by atoms with van der Waals surface area (Å²) in [7, 11) is 0. The maximum atomic E-state index is 14.6. The van der Waals surface area contributed by atoms with E-state index in [1.165, 1.54) is 12.1 Å². The zero-order valence-electron chi connectivity index (χ0n) is 16.1. The van der Waals surface area contributed by atoms with Crippen LogP contribution in [0.2, 0.25) is 0 Å². The predicted octanol–water partition coefficient (Wildman–Crippen LogP) is 5.05. The maximum Gasteiger partial charge on any atom is 0.327 e. The first-order valence-electron chi connectivity index (χ1n) is 9.98. The van der Waals surface area contributed by atoms with Crippen molar-refractivity contribution in [2.75, 3.05) is 0 Å². The number of carbonyl (C=O) groups is 1. The highest BCUT2D eigenvalue weighted by Gasteiger charge is 2.54. The molecule has 3 nitrogen and oxygen atoms in total. The number of benzene rings is 1. The van der Waals surface area contributed by atoms with Crippen LogP contribution in [0, 0.1) is 23.6 Å². The summed E-state index contributed by atoms with van der Waals surface area (Å²) in [4.78, 5) is 16.2. The number of amides is 1. The number of fused-ring (bicyclic) bond motifs is 2. The minimum Gasteiger partial charge on any atom is -0.349 e. The highest BCUT2D eigenvalue weighted by atomic mass is 19.3. The Bertz CT molecular complexity index is 884. The fraction of sp³-hybridized carbons (Fsp3) is 0.545. The zero-order chi connectivity index (χ0) is 20.1. The van der Waals surface area contributed by atoms with Crippen molar-refractivity contribution in [3.63, 3.8) is 0 Å². The van der Waals surface area contributed by atoms with Crippen LogP contribution in [0.1, 0.15) is 51.0 Å². The molecule has 0 saturated heterocycles. The Morgan fingerprint density at radius 2 is 1.82 bits per heavy atom. The fourth-order valence-corrected chi connectivity index (χ4v) is 5.21. The number of aromatic nitrogens is 1. The van der Waals surface area contributed by atoms with E-state index in [2.05, 4.69) is 10.3 Å². The molecule has 4 rings (SSSR count). The van der Waals surface area contributed by atoms with Crippen LogP contribution in [-0.4, -0.2) is 22.9 Å². The van der Waals surface area contributed by atoms with Crippen molar-refractivity contribution < 1.29 is 18.0 Å². The molecule has 2 aromatic rings. The number of hydrogen-bond donors (Lipinski definition) is 1. The normalized spacial score (nSPS) is 27.4. The van der Waals surface area contributed by atoms with Gasteiger partial charge in [-0.15, -0.1) is 0 Å². The van der Waals surface area contributed by atoms with Crippen molar-refractivity contribution in [3.8, 4) is 0 Å². The van der Waals surface area contributed by atoms with Gasteiger partial charge in [-0.1, -0.05) is 0 Å². The molecule has 0 radical (unpaired) electrons. The molecule has 2 fully saturated rings. The predicted molar refractivity (Wildman–Crippen MR) is 102 cm³/mol. The lowest BCUT2D eigenvalue weighted by Crippen LogP contribution is -2.47. The van der Waals surface area contributed by atoms with Crippen molar-refractivity contribution in [3.05, 3.63) is 41.8 Å². The number of carbonyl (C=O) groups excluding carboxylic acids is 1. The maximum absolute atomic E-state index is 14.6. The Hall–Kier alpha value is -2.11. The Balaban J connectivity index is 1.49. The van der Waals surface area contributed by atoms with Crippen molar-refractivity contribution in [2.24, 2.45) is 17.8 Å². The van der Waals surface area contributed by atoms with E-state index in [4.69, 9.17) is 0 Å². The SMILES string of the molecule is CC(C)NC(=O)C(F)(F)[C@@H]1C[C@H]2C[C@@H](c3ccnc4ccc(F)cc34)C[C@H]2C1. The largest absolute Gasteiger partial charge is 0.349 e. The van der Waals surface area contributed by atoms with Gasteiger partial charge in [0.15, 0.2) is 0 Å². The highest BCUT2D eigenvalue weighted by molar-refractivity contribution is 5.84. The average molecular weight is 390 g/mol. The third kappa shape index (κ3) is 3.38. The Morgan fingerprint density at radius 1 is 1.14 bits per heavy atom. The van der Waals surface area contributed by atoms with E-state index in [-0.39, 0.29) is 29.6 Å². The van der Waals surface area contributed by atoms with Gasteiger partial charge in [-0.2, -0.15) is 8.78 Å². The quantitative estimate of drug-likeness (QED) is 0.793. The summed E-state index contributed by atoms with van der Waals surface area (Å²) in [6, 6.07) is 6.21. The molecule has 0 spiro atoms. The molecule has 2 aliphatic carbocycles. The van der Waals surface area contributed by atoms with Crippen LogP contribution >= 0.6 is 0 Å². The van der Waals surface area contributed by atoms with Gasteiger partial charge < -0.3 is 5.32 Å². The van der Waals surface area contributed by atoms with E-state index < -0.39 is 17.7 Å². The van der Waals surface area contributed by atoms with E-state index in [0.717, 1.165) is 29.3 Å². The molecule has 28 heavy (non-hydrogen) atoms. The van der Waals surface area contributed by atoms with Crippen LogP contribution < -0.4 is 5.32 Å². The minimum absolute atomic E-state index is 0.185. The van der Waals surface area contributed by atoms with Gasteiger partial charge in [0.25, 0.3) is 5.91 Å². The van der Waals surface area contributed by atoms with E-state index in [1.54, 1.807) is 26.1 Å². The molecule has 1 aromatic carbocycles. The fourth-order valence-electron chi connectivity index (χ4n) is 5.21. The number of alkyl halides is 2. The second kappa shape index (κ2) is 7.05. The van der Waals surface area contributed by atoms with Crippen LogP contribution in [0.25, 0.3) is 10.9 Å². The molecule has 0 unspecified atom stereocenters. The molecular weight excluding hydrogens is 365 g/mol. The third-order valence-corrected chi connectivity index (χ3v) is 6.43. The standard InChI is InChI=1S/C22H25F3N2O/c1-12(2)27-21(28)22(24,25)16-9-13-7-15(8-14(13)10-16)18-5-6-26-20-4-3-17(23)11-19(18)20/h3-6,11-16H,7-10H2,1-2H3,(H,27,28)/t13-,14+,15-,16-. The van der Waals surface area contributed by atoms with Crippen LogP contribution in [0.3, 0.4) is 0 Å². The number of pyridine rings is 1. The molecule has 1 aromatic heterocycles. The smallest absolute Gasteiger partial charge is 0.327 e. The third-order valence-electron chi connectivity index (χ3n) is 6.43. The number of nitrogens with one attached hydrogen (secondary N) is 1. The van der Waals surface area contributed by atoms with Gasteiger partial charge in [-0.05, 0) is 87.1 Å². The first kappa shape index (κ1) is 19.2. The van der Waals surface area contributed by atoms with E-state index in [1.807, 2.05) is 6.07 Å². The highest BCUT2D eigenvalue weighted by Crippen LogP contribution is 2.56. The van der Waals surface area contributed by atoms with Crippen molar-refractivity contribution in [1.29, 1.82) is 0 Å². The lowest BCUT2D eigenvalue weighted by atomic mass is 9.88. The molecule has 1 N–H and O–H groups in total. The molecule has 0 bridgehead atoms. The first-order valence-corrected chi connectivity index (χ1v) is 9.98.